The topological polar surface area (TPSA) is 77.0 Å². The molecule has 31 heavy (non-hydrogen) atoms. The van der Waals surface area contributed by atoms with Gasteiger partial charge in [-0.25, -0.2) is 10.2 Å². The Labute approximate surface area is 190 Å². The minimum absolute atomic E-state index is 0.251. The van der Waals surface area contributed by atoms with E-state index < -0.39 is 5.97 Å². The number of halogens is 1. The summed E-state index contributed by atoms with van der Waals surface area (Å²) in [5, 5.41) is 6.94. The van der Waals surface area contributed by atoms with Crippen molar-refractivity contribution in [2.45, 2.75) is 0 Å². The van der Waals surface area contributed by atoms with Crippen LogP contribution in [-0.2, 0) is 0 Å². The molecule has 0 radical (unpaired) electrons. The number of hydrogen-bond donors (Lipinski definition) is 1. The number of hydrogen-bond acceptors (Lipinski definition) is 7. The van der Waals surface area contributed by atoms with Gasteiger partial charge in [0.05, 0.1) is 23.2 Å². The Morgan fingerprint density at radius 3 is 2.68 bits per heavy atom. The van der Waals surface area contributed by atoms with E-state index in [1.54, 1.807) is 30.3 Å². The van der Waals surface area contributed by atoms with Crippen molar-refractivity contribution in [3.63, 3.8) is 0 Å². The van der Waals surface area contributed by atoms with Crippen molar-refractivity contribution in [2.75, 3.05) is 7.11 Å². The highest BCUT2D eigenvalue weighted by Crippen LogP contribution is 2.36. The quantitative estimate of drug-likeness (QED) is 0.172. The van der Waals surface area contributed by atoms with Crippen molar-refractivity contribution in [1.82, 2.24) is 5.43 Å². The van der Waals surface area contributed by atoms with Gasteiger partial charge >= 0.3 is 5.97 Å². The number of thiophene rings is 2. The molecule has 6 nitrogen and oxygen atoms in total. The van der Waals surface area contributed by atoms with E-state index in [0.29, 0.717) is 26.1 Å². The molecule has 9 heteroatoms. The number of amides is 1. The lowest BCUT2D eigenvalue weighted by Gasteiger charge is -2.09. The van der Waals surface area contributed by atoms with Crippen molar-refractivity contribution in [1.29, 1.82) is 0 Å². The molecule has 4 rings (SSSR count). The third-order valence-corrected chi connectivity index (χ3v) is 6.76. The van der Waals surface area contributed by atoms with Gasteiger partial charge in [-0.1, -0.05) is 35.9 Å². The molecule has 0 unspecified atom stereocenters. The number of carbonyl (C=O) groups excluding carboxylic acids is 2. The second-order valence-corrected chi connectivity index (χ2v) is 8.60. The lowest BCUT2D eigenvalue weighted by Crippen LogP contribution is -2.16. The van der Waals surface area contributed by atoms with Crippen molar-refractivity contribution in [3.05, 3.63) is 80.3 Å². The molecule has 0 fully saturated rings. The zero-order valence-electron chi connectivity index (χ0n) is 16.1. The number of hydrazone groups is 1. The molecular weight excluding hydrogens is 456 g/mol. The second-order valence-electron chi connectivity index (χ2n) is 6.22. The maximum absolute atomic E-state index is 12.7. The molecule has 4 aromatic rings. The average molecular weight is 471 g/mol. The SMILES string of the molecule is COc1cc(/C=N\NC(=O)c2cccs2)ccc1OC(=O)c1sc2ccccc2c1Cl. The van der Waals surface area contributed by atoms with Gasteiger partial charge in [0.2, 0.25) is 0 Å². The van der Waals surface area contributed by atoms with E-state index in [1.807, 2.05) is 29.6 Å². The first-order valence-corrected chi connectivity index (χ1v) is 11.1. The summed E-state index contributed by atoms with van der Waals surface area (Å²) >= 11 is 8.96. The van der Waals surface area contributed by atoms with E-state index >= 15 is 0 Å². The van der Waals surface area contributed by atoms with Crippen LogP contribution in [0.2, 0.25) is 5.02 Å². The second kappa shape index (κ2) is 9.30. The van der Waals surface area contributed by atoms with Crippen molar-refractivity contribution in [3.8, 4) is 11.5 Å². The van der Waals surface area contributed by atoms with Crippen LogP contribution in [0.5, 0.6) is 11.5 Å². The largest absolute Gasteiger partial charge is 0.493 e. The maximum Gasteiger partial charge on any atom is 0.355 e. The normalized spacial score (nSPS) is 11.0. The molecule has 2 aromatic carbocycles. The van der Waals surface area contributed by atoms with Crippen LogP contribution >= 0.6 is 34.3 Å². The third-order valence-electron chi connectivity index (χ3n) is 4.24. The highest BCUT2D eigenvalue weighted by molar-refractivity contribution is 7.21. The van der Waals surface area contributed by atoms with Gasteiger partial charge in [-0.15, -0.1) is 22.7 Å². The Hall–Kier alpha value is -3.20. The van der Waals surface area contributed by atoms with Crippen molar-refractivity contribution in [2.24, 2.45) is 5.10 Å². The summed E-state index contributed by atoms with van der Waals surface area (Å²) < 4.78 is 11.8. The van der Waals surface area contributed by atoms with E-state index in [1.165, 1.54) is 36.0 Å². The number of ether oxygens (including phenoxy) is 2. The molecule has 0 saturated carbocycles. The summed E-state index contributed by atoms with van der Waals surface area (Å²) in [6.45, 7) is 0. The summed E-state index contributed by atoms with van der Waals surface area (Å²) in [7, 11) is 1.47. The highest BCUT2D eigenvalue weighted by Gasteiger charge is 2.20. The monoisotopic (exact) mass is 470 g/mol. The predicted octanol–water partition coefficient (Wildman–Crippen LogP) is 5.61. The number of nitrogens with zero attached hydrogens (tertiary/aromatic N) is 1. The van der Waals surface area contributed by atoms with Gasteiger partial charge in [0.1, 0.15) is 4.88 Å². The molecule has 2 aromatic heterocycles. The van der Waals surface area contributed by atoms with Crippen LogP contribution in [0.25, 0.3) is 10.1 Å². The lowest BCUT2D eigenvalue weighted by atomic mass is 10.2. The van der Waals surface area contributed by atoms with Crippen LogP contribution in [0, 0.1) is 0 Å². The van der Waals surface area contributed by atoms with E-state index in [0.717, 1.165) is 10.1 Å². The summed E-state index contributed by atoms with van der Waals surface area (Å²) in [5.74, 6) is -0.252. The van der Waals surface area contributed by atoms with E-state index in [2.05, 4.69) is 10.5 Å². The van der Waals surface area contributed by atoms with Crippen LogP contribution in [0.15, 0.2) is 65.1 Å². The Balaban J connectivity index is 1.48. The molecule has 0 spiro atoms. The fraction of sp³-hybridized carbons (Fsp3) is 0.0455. The molecule has 1 amide bonds. The fourth-order valence-corrected chi connectivity index (χ4v) is 4.77. The summed E-state index contributed by atoms with van der Waals surface area (Å²) in [5.41, 5.74) is 3.12. The van der Waals surface area contributed by atoms with Gasteiger partial charge in [0, 0.05) is 10.1 Å². The zero-order valence-corrected chi connectivity index (χ0v) is 18.5. The van der Waals surface area contributed by atoms with Gasteiger partial charge < -0.3 is 9.47 Å². The first kappa shape index (κ1) is 21.0. The maximum atomic E-state index is 12.7. The smallest absolute Gasteiger partial charge is 0.355 e. The van der Waals surface area contributed by atoms with Crippen LogP contribution in [0.4, 0.5) is 0 Å². The number of carbonyl (C=O) groups is 2. The van der Waals surface area contributed by atoms with Gasteiger partial charge in [-0.05, 0) is 41.3 Å². The van der Waals surface area contributed by atoms with E-state index in [4.69, 9.17) is 21.1 Å². The van der Waals surface area contributed by atoms with E-state index in [9.17, 15) is 9.59 Å². The number of benzene rings is 2. The molecule has 1 N–H and O–H groups in total. The molecule has 0 saturated heterocycles. The molecular formula is C22H15ClN2O4S2. The molecule has 0 aliphatic rings. The van der Waals surface area contributed by atoms with Crippen molar-refractivity contribution < 1.29 is 19.1 Å². The Kier molecular flexibility index (Phi) is 6.31. The standard InChI is InChI=1S/C22H15ClN2O4S2/c1-28-16-11-13(12-24-25-21(26)18-7-4-10-30-18)8-9-15(16)29-22(27)20-19(23)14-5-2-3-6-17(14)31-20/h2-12H,1H3,(H,25,26)/b24-12-. The summed E-state index contributed by atoms with van der Waals surface area (Å²) in [6.07, 6.45) is 1.47. The summed E-state index contributed by atoms with van der Waals surface area (Å²) in [6, 6.07) is 15.9. The minimum Gasteiger partial charge on any atom is -0.493 e. The zero-order chi connectivity index (χ0) is 21.8. The van der Waals surface area contributed by atoms with Crippen LogP contribution in [0.1, 0.15) is 24.9 Å². The average Bonchev–Trinajstić information content (AvgIpc) is 3.43. The fourth-order valence-electron chi connectivity index (χ4n) is 2.77. The van der Waals surface area contributed by atoms with Gasteiger partial charge in [-0.2, -0.15) is 5.10 Å². The van der Waals surface area contributed by atoms with Gasteiger partial charge in [-0.3, -0.25) is 4.79 Å². The Morgan fingerprint density at radius 1 is 1.10 bits per heavy atom. The molecule has 2 heterocycles. The summed E-state index contributed by atoms with van der Waals surface area (Å²) in [4.78, 5) is 25.5. The highest BCUT2D eigenvalue weighted by atomic mass is 35.5. The molecule has 156 valence electrons. The first-order valence-electron chi connectivity index (χ1n) is 9.01. The van der Waals surface area contributed by atoms with Gasteiger partial charge in [0.25, 0.3) is 5.91 Å². The minimum atomic E-state index is -0.561. The van der Waals surface area contributed by atoms with Crippen LogP contribution in [0.3, 0.4) is 0 Å². The van der Waals surface area contributed by atoms with Crippen LogP contribution in [-0.4, -0.2) is 25.2 Å². The number of rotatable bonds is 6. The molecule has 0 atom stereocenters. The molecule has 0 bridgehead atoms. The number of fused-ring (bicyclic) bond motifs is 1. The Morgan fingerprint density at radius 2 is 1.94 bits per heavy atom. The number of esters is 1. The number of nitrogens with one attached hydrogen (secondary N) is 1. The third kappa shape index (κ3) is 4.61. The molecule has 0 aliphatic heterocycles. The Bertz CT molecular complexity index is 1280. The lowest BCUT2D eigenvalue weighted by molar-refractivity contribution is 0.0734. The van der Waals surface area contributed by atoms with Crippen LogP contribution < -0.4 is 14.9 Å². The molecule has 0 aliphatic carbocycles. The first-order chi connectivity index (χ1) is 15.1. The van der Waals surface area contributed by atoms with Crippen molar-refractivity contribution >= 4 is 62.5 Å². The predicted molar refractivity (Wildman–Crippen MR) is 124 cm³/mol. The number of methoxy groups -OCH3 is 1. The van der Waals surface area contributed by atoms with Gasteiger partial charge in [0.15, 0.2) is 11.5 Å². The van der Waals surface area contributed by atoms with E-state index in [-0.39, 0.29) is 11.7 Å².